The molecule has 0 saturated heterocycles. The quantitative estimate of drug-likeness (QED) is 0.471. The molecule has 0 aliphatic carbocycles. The van der Waals surface area contributed by atoms with Gasteiger partial charge in [-0.15, -0.1) is 0 Å². The summed E-state index contributed by atoms with van der Waals surface area (Å²) in [5.41, 5.74) is 1.45. The van der Waals surface area contributed by atoms with Crippen molar-refractivity contribution >= 4 is 11.6 Å². The van der Waals surface area contributed by atoms with E-state index in [4.69, 9.17) is 0 Å². The van der Waals surface area contributed by atoms with Crippen molar-refractivity contribution in [2.45, 2.75) is 81.6 Å². The van der Waals surface area contributed by atoms with Crippen LogP contribution in [0.3, 0.4) is 0 Å². The highest BCUT2D eigenvalue weighted by atomic mass is 16.1. The van der Waals surface area contributed by atoms with E-state index >= 15 is 0 Å². The summed E-state index contributed by atoms with van der Waals surface area (Å²) in [6.07, 6.45) is 6.24. The fourth-order valence-corrected chi connectivity index (χ4v) is 5.05. The number of ketones is 2. The minimum Gasteiger partial charge on any atom is -0.377 e. The minimum atomic E-state index is -0.298. The van der Waals surface area contributed by atoms with Crippen molar-refractivity contribution in [3.05, 3.63) is 23.5 Å². The zero-order chi connectivity index (χ0) is 23.6. The Labute approximate surface area is 191 Å². The molecule has 0 bridgehead atoms. The zero-order valence-corrected chi connectivity index (χ0v) is 21.5. The van der Waals surface area contributed by atoms with E-state index in [2.05, 4.69) is 77.6 Å². The van der Waals surface area contributed by atoms with Crippen LogP contribution >= 0.6 is 0 Å². The predicted molar refractivity (Wildman–Crippen MR) is 130 cm³/mol. The van der Waals surface area contributed by atoms with Crippen molar-refractivity contribution in [3.8, 4) is 0 Å². The van der Waals surface area contributed by atoms with Crippen LogP contribution in [0.1, 0.15) is 81.6 Å². The van der Waals surface area contributed by atoms with Gasteiger partial charge in [-0.2, -0.15) is 0 Å². The molecule has 31 heavy (non-hydrogen) atoms. The molecule has 1 unspecified atom stereocenters. The van der Waals surface area contributed by atoms with Crippen molar-refractivity contribution in [3.63, 3.8) is 0 Å². The minimum absolute atomic E-state index is 0.0983. The Balaban J connectivity index is 2.31. The van der Waals surface area contributed by atoms with Crippen LogP contribution in [0, 0.1) is 28.6 Å². The standard InChI is InChI=1S/C27H46N2O2/c1-10-24(30)23-18-29(15-20(4)5)16-21(27(23,8)9)13-25(31)22-17-28(14-19(2)3)12-11-26(22,6)7/h17-21H,10-16H2,1-9H3. The molecule has 0 spiro atoms. The molecule has 2 aliphatic rings. The van der Waals surface area contributed by atoms with E-state index in [1.165, 1.54) is 0 Å². The molecular formula is C27H46N2O2. The molecule has 0 N–H and O–H groups in total. The Bertz CT molecular complexity index is 728. The van der Waals surface area contributed by atoms with Gasteiger partial charge in [0.2, 0.25) is 0 Å². The summed E-state index contributed by atoms with van der Waals surface area (Å²) in [4.78, 5) is 31.1. The summed E-state index contributed by atoms with van der Waals surface area (Å²) >= 11 is 0. The van der Waals surface area contributed by atoms with Gasteiger partial charge in [0.05, 0.1) is 0 Å². The van der Waals surface area contributed by atoms with Crippen LogP contribution in [0.4, 0.5) is 0 Å². The van der Waals surface area contributed by atoms with Crippen LogP contribution in [0.5, 0.6) is 0 Å². The monoisotopic (exact) mass is 430 g/mol. The first kappa shape index (κ1) is 25.7. The van der Waals surface area contributed by atoms with Crippen LogP contribution in [0.25, 0.3) is 0 Å². The number of carbonyl (C=O) groups is 2. The van der Waals surface area contributed by atoms with Crippen LogP contribution in [-0.4, -0.2) is 47.5 Å². The second kappa shape index (κ2) is 9.92. The number of nitrogens with zero attached hydrogens (tertiary/aromatic N) is 2. The fraction of sp³-hybridized carbons (Fsp3) is 0.778. The third-order valence-corrected chi connectivity index (χ3v) is 7.10. The van der Waals surface area contributed by atoms with Gasteiger partial charge in [0.1, 0.15) is 0 Å². The Kier molecular flexibility index (Phi) is 8.21. The van der Waals surface area contributed by atoms with Crippen LogP contribution in [0.2, 0.25) is 0 Å². The Morgan fingerprint density at radius 2 is 1.48 bits per heavy atom. The summed E-state index contributed by atoms with van der Waals surface area (Å²) in [5.74, 6) is 1.67. The van der Waals surface area contributed by atoms with Crippen LogP contribution < -0.4 is 0 Å². The zero-order valence-electron chi connectivity index (χ0n) is 21.5. The number of hydrogen-bond acceptors (Lipinski definition) is 4. The first-order valence-electron chi connectivity index (χ1n) is 12.3. The molecule has 0 radical (unpaired) electrons. The van der Waals surface area contributed by atoms with Crippen molar-refractivity contribution in [1.29, 1.82) is 0 Å². The van der Waals surface area contributed by atoms with Crippen molar-refractivity contribution in [1.82, 2.24) is 9.80 Å². The van der Waals surface area contributed by atoms with E-state index in [9.17, 15) is 9.59 Å². The van der Waals surface area contributed by atoms with E-state index in [1.54, 1.807) is 0 Å². The molecule has 4 heteroatoms. The number of rotatable bonds is 9. The third-order valence-electron chi connectivity index (χ3n) is 7.10. The molecule has 2 heterocycles. The summed E-state index contributed by atoms with van der Waals surface area (Å²) < 4.78 is 0. The lowest BCUT2D eigenvalue weighted by Crippen LogP contribution is -2.45. The molecule has 176 valence electrons. The van der Waals surface area contributed by atoms with Crippen molar-refractivity contribution < 1.29 is 9.59 Å². The van der Waals surface area contributed by atoms with E-state index in [0.717, 1.165) is 43.7 Å². The Morgan fingerprint density at radius 3 is 2.03 bits per heavy atom. The summed E-state index contributed by atoms with van der Waals surface area (Å²) in [6.45, 7) is 23.2. The lowest BCUT2D eigenvalue weighted by molar-refractivity contribution is -0.121. The van der Waals surface area contributed by atoms with Crippen LogP contribution in [-0.2, 0) is 9.59 Å². The third kappa shape index (κ3) is 6.23. The number of Topliss-reactive ketones (excluding diaryl/α,β-unsaturated/α-hetero) is 2. The molecule has 0 saturated carbocycles. The van der Waals surface area contributed by atoms with E-state index < -0.39 is 0 Å². The normalized spacial score (nSPS) is 23.1. The maximum atomic E-state index is 13.7. The van der Waals surface area contributed by atoms with E-state index in [1.807, 2.05) is 6.92 Å². The smallest absolute Gasteiger partial charge is 0.161 e. The number of carbonyl (C=O) groups excluding carboxylic acids is 2. The molecule has 0 fully saturated rings. The van der Waals surface area contributed by atoms with E-state index in [-0.39, 0.29) is 28.3 Å². The molecule has 0 amide bonds. The SMILES string of the molecule is CCC(=O)C1=CN(CC(C)C)CC(CC(=O)C2=CN(CC(C)C)CCC2(C)C)C1(C)C. The summed E-state index contributed by atoms with van der Waals surface area (Å²) in [6, 6.07) is 0. The van der Waals surface area contributed by atoms with Gasteiger partial charge in [-0.05, 0) is 35.0 Å². The molecule has 0 aromatic carbocycles. The molecule has 0 aromatic heterocycles. The molecular weight excluding hydrogens is 384 g/mol. The second-order valence-electron chi connectivity index (χ2n) is 11.8. The highest BCUT2D eigenvalue weighted by Gasteiger charge is 2.43. The molecule has 2 aliphatic heterocycles. The molecule has 0 aromatic rings. The number of allylic oxidation sites excluding steroid dienone is 2. The Morgan fingerprint density at radius 1 is 0.935 bits per heavy atom. The lowest BCUT2D eigenvalue weighted by Gasteiger charge is -2.45. The second-order valence-corrected chi connectivity index (χ2v) is 11.8. The average molecular weight is 431 g/mol. The first-order valence-corrected chi connectivity index (χ1v) is 12.3. The topological polar surface area (TPSA) is 40.6 Å². The summed E-state index contributed by atoms with van der Waals surface area (Å²) in [5, 5.41) is 0. The maximum absolute atomic E-state index is 13.7. The fourth-order valence-electron chi connectivity index (χ4n) is 5.05. The van der Waals surface area contributed by atoms with Gasteiger partial charge in [0, 0.05) is 62.6 Å². The molecule has 2 rings (SSSR count). The van der Waals surface area contributed by atoms with Gasteiger partial charge >= 0.3 is 0 Å². The largest absolute Gasteiger partial charge is 0.377 e. The van der Waals surface area contributed by atoms with Gasteiger partial charge in [-0.25, -0.2) is 0 Å². The first-order chi connectivity index (χ1) is 14.3. The average Bonchev–Trinajstić information content (AvgIpc) is 2.64. The molecule has 1 atom stereocenters. The Hall–Kier alpha value is -1.58. The van der Waals surface area contributed by atoms with Crippen molar-refractivity contribution in [2.75, 3.05) is 26.2 Å². The maximum Gasteiger partial charge on any atom is 0.161 e. The van der Waals surface area contributed by atoms with Gasteiger partial charge < -0.3 is 9.80 Å². The van der Waals surface area contributed by atoms with Gasteiger partial charge in [-0.1, -0.05) is 62.3 Å². The lowest BCUT2D eigenvalue weighted by atomic mass is 9.66. The van der Waals surface area contributed by atoms with E-state index in [0.29, 0.717) is 24.7 Å². The number of hydrogen-bond donors (Lipinski definition) is 0. The van der Waals surface area contributed by atoms with Crippen molar-refractivity contribution in [2.24, 2.45) is 28.6 Å². The predicted octanol–water partition coefficient (Wildman–Crippen LogP) is 5.69. The summed E-state index contributed by atoms with van der Waals surface area (Å²) in [7, 11) is 0. The van der Waals surface area contributed by atoms with Gasteiger partial charge in [0.25, 0.3) is 0 Å². The molecule has 4 nitrogen and oxygen atoms in total. The highest BCUT2D eigenvalue weighted by Crippen LogP contribution is 2.44. The van der Waals surface area contributed by atoms with Gasteiger partial charge in [0.15, 0.2) is 11.6 Å². The van der Waals surface area contributed by atoms with Crippen LogP contribution in [0.15, 0.2) is 23.5 Å². The highest BCUT2D eigenvalue weighted by molar-refractivity contribution is 5.98. The van der Waals surface area contributed by atoms with Gasteiger partial charge in [-0.3, -0.25) is 9.59 Å².